The fourth-order valence-electron chi connectivity index (χ4n) is 3.77. The maximum Gasteiger partial charge on any atom is 0.258 e. The SMILES string of the molecule is Cc1ccccc1C(=O)N1CCN(C(=O)Cc2noc(-c3cccc(F)c3)n2)C[C@@H]1C. The Kier molecular flexibility index (Phi) is 5.79. The van der Waals surface area contributed by atoms with Crippen LogP contribution in [0.4, 0.5) is 4.39 Å². The van der Waals surface area contributed by atoms with Gasteiger partial charge in [0.2, 0.25) is 5.91 Å². The first-order valence-corrected chi connectivity index (χ1v) is 10.2. The van der Waals surface area contributed by atoms with Crippen LogP contribution >= 0.6 is 0 Å². The first kappa shape index (κ1) is 20.7. The molecule has 7 nitrogen and oxygen atoms in total. The maximum absolute atomic E-state index is 13.4. The molecule has 0 saturated carbocycles. The van der Waals surface area contributed by atoms with Crippen molar-refractivity contribution in [2.24, 2.45) is 0 Å². The molecule has 2 heterocycles. The number of amides is 2. The molecule has 1 saturated heterocycles. The Morgan fingerprint density at radius 1 is 1.16 bits per heavy atom. The molecule has 2 aromatic carbocycles. The van der Waals surface area contributed by atoms with E-state index in [9.17, 15) is 14.0 Å². The standard InChI is InChI=1S/C23H23FN4O3/c1-15-6-3-4-9-19(15)23(30)28-11-10-27(14-16(28)2)21(29)13-20-25-22(31-26-20)17-7-5-8-18(24)12-17/h3-9,12,16H,10-11,13-14H2,1-2H3/t16-/m0/s1. The van der Waals surface area contributed by atoms with Gasteiger partial charge in [0.1, 0.15) is 5.82 Å². The fourth-order valence-corrected chi connectivity index (χ4v) is 3.77. The van der Waals surface area contributed by atoms with Crippen molar-refractivity contribution in [2.45, 2.75) is 26.3 Å². The van der Waals surface area contributed by atoms with Crippen LogP contribution in [0, 0.1) is 12.7 Å². The highest BCUT2D eigenvalue weighted by Gasteiger charge is 2.31. The summed E-state index contributed by atoms with van der Waals surface area (Å²) in [5, 5.41) is 3.85. The third kappa shape index (κ3) is 4.47. The van der Waals surface area contributed by atoms with Crippen LogP contribution in [0.25, 0.3) is 11.5 Å². The van der Waals surface area contributed by atoms with Crippen LogP contribution in [0.5, 0.6) is 0 Å². The highest BCUT2D eigenvalue weighted by molar-refractivity contribution is 5.96. The van der Waals surface area contributed by atoms with Crippen LogP contribution in [0.15, 0.2) is 53.1 Å². The van der Waals surface area contributed by atoms with Crippen molar-refractivity contribution in [1.82, 2.24) is 19.9 Å². The van der Waals surface area contributed by atoms with Crippen LogP contribution in [0.2, 0.25) is 0 Å². The van der Waals surface area contributed by atoms with Gasteiger partial charge in [0.15, 0.2) is 5.82 Å². The number of piperazine rings is 1. The summed E-state index contributed by atoms with van der Waals surface area (Å²) in [5.41, 5.74) is 2.08. The van der Waals surface area contributed by atoms with Crippen LogP contribution in [-0.2, 0) is 11.2 Å². The van der Waals surface area contributed by atoms with Crippen LogP contribution in [0.3, 0.4) is 0 Å². The monoisotopic (exact) mass is 422 g/mol. The lowest BCUT2D eigenvalue weighted by Gasteiger charge is -2.40. The molecule has 1 aliphatic heterocycles. The van der Waals surface area contributed by atoms with Crippen molar-refractivity contribution < 1.29 is 18.5 Å². The highest BCUT2D eigenvalue weighted by atomic mass is 19.1. The molecule has 8 heteroatoms. The smallest absolute Gasteiger partial charge is 0.258 e. The zero-order chi connectivity index (χ0) is 22.0. The van der Waals surface area contributed by atoms with E-state index in [4.69, 9.17) is 4.52 Å². The largest absolute Gasteiger partial charge is 0.338 e. The molecule has 160 valence electrons. The van der Waals surface area contributed by atoms with Crippen molar-refractivity contribution >= 4 is 11.8 Å². The number of carbonyl (C=O) groups excluding carboxylic acids is 2. The number of aromatic nitrogens is 2. The molecule has 0 unspecified atom stereocenters. The van der Waals surface area contributed by atoms with E-state index in [1.54, 1.807) is 17.0 Å². The van der Waals surface area contributed by atoms with E-state index in [0.29, 0.717) is 30.8 Å². The Morgan fingerprint density at radius 3 is 2.71 bits per heavy atom. The predicted octanol–water partition coefficient (Wildman–Crippen LogP) is 3.10. The first-order chi connectivity index (χ1) is 14.9. The van der Waals surface area contributed by atoms with E-state index in [0.717, 1.165) is 5.56 Å². The molecule has 0 bridgehead atoms. The number of carbonyl (C=O) groups is 2. The quantitative estimate of drug-likeness (QED) is 0.646. The molecule has 1 aliphatic rings. The molecule has 1 fully saturated rings. The summed E-state index contributed by atoms with van der Waals surface area (Å²) in [6.07, 6.45) is -0.0166. The maximum atomic E-state index is 13.4. The Hall–Kier alpha value is -3.55. The molecule has 0 radical (unpaired) electrons. The summed E-state index contributed by atoms with van der Waals surface area (Å²) in [4.78, 5) is 33.4. The fraction of sp³-hybridized carbons (Fsp3) is 0.304. The van der Waals surface area contributed by atoms with Crippen LogP contribution in [0.1, 0.15) is 28.7 Å². The van der Waals surface area contributed by atoms with E-state index in [1.807, 2.05) is 43.0 Å². The summed E-state index contributed by atoms with van der Waals surface area (Å²) < 4.78 is 18.6. The van der Waals surface area contributed by atoms with Gasteiger partial charge in [-0.3, -0.25) is 9.59 Å². The van der Waals surface area contributed by atoms with Crippen molar-refractivity contribution in [2.75, 3.05) is 19.6 Å². The summed E-state index contributed by atoms with van der Waals surface area (Å²) >= 11 is 0. The van der Waals surface area contributed by atoms with Crippen molar-refractivity contribution in [3.05, 3.63) is 71.3 Å². The second-order valence-corrected chi connectivity index (χ2v) is 7.71. The summed E-state index contributed by atoms with van der Waals surface area (Å²) in [6.45, 7) is 5.19. The highest BCUT2D eigenvalue weighted by Crippen LogP contribution is 2.20. The van der Waals surface area contributed by atoms with Gasteiger partial charge in [-0.2, -0.15) is 4.98 Å². The van der Waals surface area contributed by atoms with Crippen molar-refractivity contribution in [3.8, 4) is 11.5 Å². The second kappa shape index (κ2) is 8.67. The minimum Gasteiger partial charge on any atom is -0.338 e. The van der Waals surface area contributed by atoms with Gasteiger partial charge in [0, 0.05) is 36.8 Å². The predicted molar refractivity (Wildman–Crippen MR) is 112 cm³/mol. The van der Waals surface area contributed by atoms with Gasteiger partial charge < -0.3 is 14.3 Å². The van der Waals surface area contributed by atoms with Gasteiger partial charge in [-0.05, 0) is 43.7 Å². The van der Waals surface area contributed by atoms with Gasteiger partial charge in [-0.15, -0.1) is 0 Å². The first-order valence-electron chi connectivity index (χ1n) is 10.2. The number of hydrogen-bond acceptors (Lipinski definition) is 5. The number of rotatable bonds is 4. The zero-order valence-corrected chi connectivity index (χ0v) is 17.4. The zero-order valence-electron chi connectivity index (χ0n) is 17.4. The van der Waals surface area contributed by atoms with E-state index >= 15 is 0 Å². The van der Waals surface area contributed by atoms with Gasteiger partial charge in [0.25, 0.3) is 11.8 Å². The molecule has 2 amide bonds. The topological polar surface area (TPSA) is 79.5 Å². The van der Waals surface area contributed by atoms with Gasteiger partial charge in [-0.1, -0.05) is 29.4 Å². The average molecular weight is 422 g/mol. The van der Waals surface area contributed by atoms with Gasteiger partial charge >= 0.3 is 0 Å². The van der Waals surface area contributed by atoms with E-state index < -0.39 is 5.82 Å². The lowest BCUT2D eigenvalue weighted by Crippen LogP contribution is -2.55. The summed E-state index contributed by atoms with van der Waals surface area (Å²) in [6, 6.07) is 13.2. The second-order valence-electron chi connectivity index (χ2n) is 7.71. The van der Waals surface area contributed by atoms with Gasteiger partial charge in [-0.25, -0.2) is 4.39 Å². The molecule has 1 atom stereocenters. The molecular weight excluding hydrogens is 399 g/mol. The summed E-state index contributed by atoms with van der Waals surface area (Å²) in [7, 11) is 0. The molecule has 0 spiro atoms. The molecule has 4 rings (SSSR count). The Labute approximate surface area is 179 Å². The molecule has 0 N–H and O–H groups in total. The van der Waals surface area contributed by atoms with Crippen molar-refractivity contribution in [1.29, 1.82) is 0 Å². The Balaban J connectivity index is 1.38. The van der Waals surface area contributed by atoms with Crippen LogP contribution in [-0.4, -0.2) is 57.4 Å². The normalized spacial score (nSPS) is 16.4. The lowest BCUT2D eigenvalue weighted by molar-refractivity contribution is -0.133. The molecule has 3 aromatic rings. The molecule has 0 aliphatic carbocycles. The summed E-state index contributed by atoms with van der Waals surface area (Å²) in [5.74, 6) is -0.142. The van der Waals surface area contributed by atoms with E-state index in [-0.39, 0.29) is 36.0 Å². The molecule has 31 heavy (non-hydrogen) atoms. The number of hydrogen-bond donors (Lipinski definition) is 0. The minimum atomic E-state index is -0.402. The third-order valence-electron chi connectivity index (χ3n) is 5.47. The average Bonchev–Trinajstić information content (AvgIpc) is 3.22. The molecule has 1 aromatic heterocycles. The Morgan fingerprint density at radius 2 is 1.97 bits per heavy atom. The van der Waals surface area contributed by atoms with Gasteiger partial charge in [0.05, 0.1) is 6.42 Å². The number of aryl methyl sites for hydroxylation is 1. The van der Waals surface area contributed by atoms with E-state index in [2.05, 4.69) is 10.1 Å². The van der Waals surface area contributed by atoms with Crippen LogP contribution < -0.4 is 0 Å². The van der Waals surface area contributed by atoms with Crippen molar-refractivity contribution in [3.63, 3.8) is 0 Å². The lowest BCUT2D eigenvalue weighted by atomic mass is 10.1. The Bertz CT molecular complexity index is 1110. The minimum absolute atomic E-state index is 0.0166. The number of halogens is 1. The third-order valence-corrected chi connectivity index (χ3v) is 5.47. The van der Waals surface area contributed by atoms with E-state index in [1.165, 1.54) is 12.1 Å². The number of benzene rings is 2. The molecular formula is C23H23FN4O3. The number of nitrogens with zero attached hydrogens (tertiary/aromatic N) is 4.